The van der Waals surface area contributed by atoms with E-state index < -0.39 is 11.6 Å². The van der Waals surface area contributed by atoms with Crippen LogP contribution in [-0.4, -0.2) is 32.7 Å². The molecule has 0 aliphatic heterocycles. The Kier molecular flexibility index (Phi) is 4.64. The van der Waals surface area contributed by atoms with Gasteiger partial charge in [0.25, 0.3) is 11.3 Å². The number of benzene rings is 1. The van der Waals surface area contributed by atoms with E-state index in [-0.39, 0.29) is 11.5 Å². The predicted molar refractivity (Wildman–Crippen MR) is 93.2 cm³/mol. The first-order chi connectivity index (χ1) is 12.1. The maximum atomic E-state index is 12.5. The molecule has 9 nitrogen and oxygen atoms in total. The molecular weight excluding hydrogens is 324 g/mol. The molecule has 1 aromatic carbocycles. The second-order valence-electron chi connectivity index (χ2n) is 5.32. The van der Waals surface area contributed by atoms with Gasteiger partial charge < -0.3 is 15.4 Å². The molecule has 0 radical (unpaired) electrons. The van der Waals surface area contributed by atoms with E-state index in [2.05, 4.69) is 25.7 Å². The summed E-state index contributed by atoms with van der Waals surface area (Å²) in [5.74, 6) is 0.956. The molecule has 0 saturated carbocycles. The van der Waals surface area contributed by atoms with Crippen LogP contribution in [0, 0.1) is 0 Å². The fourth-order valence-corrected chi connectivity index (χ4v) is 2.39. The molecule has 3 rings (SSSR count). The van der Waals surface area contributed by atoms with Crippen LogP contribution < -0.4 is 20.9 Å². The van der Waals surface area contributed by atoms with Crippen LogP contribution in [0.3, 0.4) is 0 Å². The molecule has 25 heavy (non-hydrogen) atoms. The van der Waals surface area contributed by atoms with E-state index in [1.165, 1.54) is 10.8 Å². The number of hydrogen-bond donors (Lipinski definition) is 3. The number of methoxy groups -OCH3 is 1. The highest BCUT2D eigenvalue weighted by Crippen LogP contribution is 2.16. The van der Waals surface area contributed by atoms with Crippen molar-refractivity contribution in [2.24, 2.45) is 0 Å². The van der Waals surface area contributed by atoms with Crippen molar-refractivity contribution in [1.82, 2.24) is 19.6 Å². The summed E-state index contributed by atoms with van der Waals surface area (Å²) in [7, 11) is 1.57. The Labute approximate surface area is 143 Å². The summed E-state index contributed by atoms with van der Waals surface area (Å²) in [6, 6.07) is 6.33. The number of carbonyl (C=O) groups excluding carboxylic acids is 1. The van der Waals surface area contributed by atoms with Crippen LogP contribution in [0.4, 0.5) is 16.2 Å². The Morgan fingerprint density at radius 3 is 2.72 bits per heavy atom. The lowest BCUT2D eigenvalue weighted by Crippen LogP contribution is -2.28. The second kappa shape index (κ2) is 7.04. The lowest BCUT2D eigenvalue weighted by Gasteiger charge is -2.11. The zero-order valence-corrected chi connectivity index (χ0v) is 13.9. The number of rotatable bonds is 5. The number of anilines is 2. The Bertz CT molecular complexity index is 945. The summed E-state index contributed by atoms with van der Waals surface area (Å²) in [6.07, 6.45) is 2.71. The van der Waals surface area contributed by atoms with E-state index in [0.29, 0.717) is 23.6 Å². The number of aryl methyl sites for hydroxylation is 1. The van der Waals surface area contributed by atoms with Crippen LogP contribution in [0.5, 0.6) is 5.75 Å². The molecule has 0 fully saturated rings. The third-order valence-electron chi connectivity index (χ3n) is 3.58. The number of nitrogens with zero attached hydrogens (tertiary/aromatic N) is 3. The summed E-state index contributed by atoms with van der Waals surface area (Å²) in [6.45, 7) is 1.97. The van der Waals surface area contributed by atoms with Crippen molar-refractivity contribution in [1.29, 1.82) is 0 Å². The summed E-state index contributed by atoms with van der Waals surface area (Å²) < 4.78 is 6.25. The van der Waals surface area contributed by atoms with Gasteiger partial charge in [-0.25, -0.2) is 14.8 Å². The zero-order valence-electron chi connectivity index (χ0n) is 13.9. The largest absolute Gasteiger partial charge is 0.497 e. The van der Waals surface area contributed by atoms with Gasteiger partial charge in [-0.3, -0.25) is 9.89 Å². The maximum Gasteiger partial charge on any atom is 0.323 e. The number of fused-ring (bicyclic) bond motifs is 1. The van der Waals surface area contributed by atoms with Gasteiger partial charge >= 0.3 is 6.03 Å². The monoisotopic (exact) mass is 342 g/mol. The number of urea groups is 1. The fraction of sp³-hybridized carbons (Fsp3) is 0.250. The topological polar surface area (TPSA) is 113 Å². The third kappa shape index (κ3) is 3.44. The van der Waals surface area contributed by atoms with Crippen molar-refractivity contribution < 1.29 is 9.53 Å². The summed E-state index contributed by atoms with van der Waals surface area (Å²) in [5, 5.41) is 7.95. The summed E-state index contributed by atoms with van der Waals surface area (Å²) in [4.78, 5) is 33.1. The van der Waals surface area contributed by atoms with E-state index in [1.54, 1.807) is 31.4 Å². The highest BCUT2D eigenvalue weighted by atomic mass is 16.5. The van der Waals surface area contributed by atoms with Gasteiger partial charge in [0.15, 0.2) is 0 Å². The Hall–Kier alpha value is -3.36. The highest BCUT2D eigenvalue weighted by Gasteiger charge is 2.16. The molecule has 0 atom stereocenters. The lowest BCUT2D eigenvalue weighted by atomic mass is 10.2. The molecule has 0 bridgehead atoms. The number of aromatic amines is 1. The minimum absolute atomic E-state index is 0.134. The summed E-state index contributed by atoms with van der Waals surface area (Å²) >= 11 is 0. The normalized spacial score (nSPS) is 10.6. The van der Waals surface area contributed by atoms with E-state index >= 15 is 0 Å². The smallest absolute Gasteiger partial charge is 0.323 e. The number of aromatic nitrogens is 4. The molecular formula is C16H18N6O3. The van der Waals surface area contributed by atoms with Crippen molar-refractivity contribution in [3.05, 3.63) is 46.6 Å². The molecule has 0 aliphatic rings. The van der Waals surface area contributed by atoms with Gasteiger partial charge in [0.05, 0.1) is 12.8 Å². The molecule has 0 aliphatic carbocycles. The van der Waals surface area contributed by atoms with E-state index in [4.69, 9.17) is 4.74 Å². The standard InChI is InChI=1S/C16H18N6O3/c1-3-4-12-13(14(23)22-15(20-12)17-9-18-22)21-16(24)19-10-5-7-11(25-2)8-6-10/h5-9H,3-4H2,1-2H3,(H,17,18,20)(H2,19,21,24). The lowest BCUT2D eigenvalue weighted by molar-refractivity contribution is 0.262. The van der Waals surface area contributed by atoms with Gasteiger partial charge in [-0.05, 0) is 30.7 Å². The third-order valence-corrected chi connectivity index (χ3v) is 3.58. The molecule has 0 unspecified atom stereocenters. The first-order valence-electron chi connectivity index (χ1n) is 7.79. The molecule has 3 N–H and O–H groups in total. The molecule has 0 saturated heterocycles. The highest BCUT2D eigenvalue weighted by molar-refractivity contribution is 6.00. The minimum Gasteiger partial charge on any atom is -0.497 e. The number of amides is 2. The van der Waals surface area contributed by atoms with Gasteiger partial charge in [-0.1, -0.05) is 13.3 Å². The molecule has 2 heterocycles. The van der Waals surface area contributed by atoms with Crippen LogP contribution in [0.2, 0.25) is 0 Å². The number of H-pyrrole nitrogens is 1. The molecule has 3 aromatic rings. The average molecular weight is 342 g/mol. The van der Waals surface area contributed by atoms with Crippen molar-refractivity contribution in [2.45, 2.75) is 19.8 Å². The van der Waals surface area contributed by atoms with Gasteiger partial charge in [0.2, 0.25) is 0 Å². The van der Waals surface area contributed by atoms with Gasteiger partial charge in [-0.2, -0.15) is 4.52 Å². The quantitative estimate of drug-likeness (QED) is 0.656. The van der Waals surface area contributed by atoms with Gasteiger partial charge in [-0.15, -0.1) is 0 Å². The second-order valence-corrected chi connectivity index (χ2v) is 5.32. The zero-order chi connectivity index (χ0) is 17.8. The number of nitrogens with one attached hydrogen (secondary N) is 3. The Balaban J connectivity index is 1.85. The van der Waals surface area contributed by atoms with Crippen molar-refractivity contribution in [2.75, 3.05) is 17.7 Å². The van der Waals surface area contributed by atoms with Crippen LogP contribution in [-0.2, 0) is 6.42 Å². The Morgan fingerprint density at radius 2 is 2.04 bits per heavy atom. The minimum atomic E-state index is -0.527. The Morgan fingerprint density at radius 1 is 1.28 bits per heavy atom. The van der Waals surface area contributed by atoms with Crippen LogP contribution in [0.15, 0.2) is 35.4 Å². The first-order valence-corrected chi connectivity index (χ1v) is 7.79. The van der Waals surface area contributed by atoms with Crippen molar-refractivity contribution in [3.63, 3.8) is 0 Å². The molecule has 2 amide bonds. The van der Waals surface area contributed by atoms with E-state index in [0.717, 1.165) is 6.42 Å². The van der Waals surface area contributed by atoms with Crippen molar-refractivity contribution >= 4 is 23.2 Å². The molecule has 0 spiro atoms. The molecule has 130 valence electrons. The number of hydrogen-bond acceptors (Lipinski definition) is 5. The fourth-order valence-electron chi connectivity index (χ4n) is 2.39. The van der Waals surface area contributed by atoms with Crippen LogP contribution >= 0.6 is 0 Å². The van der Waals surface area contributed by atoms with Gasteiger partial charge in [0.1, 0.15) is 17.8 Å². The SMILES string of the molecule is CCCc1nc2nc[nH]n2c(=O)c1NC(=O)Nc1ccc(OC)cc1. The van der Waals surface area contributed by atoms with Crippen LogP contribution in [0.25, 0.3) is 5.78 Å². The summed E-state index contributed by atoms with van der Waals surface area (Å²) in [5.41, 5.74) is 0.806. The van der Waals surface area contributed by atoms with Crippen LogP contribution in [0.1, 0.15) is 19.0 Å². The molecule has 2 aromatic heterocycles. The average Bonchev–Trinajstić information content (AvgIpc) is 3.08. The first kappa shape index (κ1) is 16.5. The van der Waals surface area contributed by atoms with E-state index in [1.807, 2.05) is 6.92 Å². The van der Waals surface area contributed by atoms with E-state index in [9.17, 15) is 9.59 Å². The number of ether oxygens (including phenoxy) is 1. The maximum absolute atomic E-state index is 12.5. The number of carbonyl (C=O) groups is 1. The molecule has 9 heteroatoms. The van der Waals surface area contributed by atoms with Gasteiger partial charge in [0, 0.05) is 5.69 Å². The predicted octanol–water partition coefficient (Wildman–Crippen LogP) is 2.02. The van der Waals surface area contributed by atoms with Crippen molar-refractivity contribution in [3.8, 4) is 5.75 Å².